The van der Waals surface area contributed by atoms with Crippen LogP contribution in [-0.4, -0.2) is 47.8 Å². The zero-order valence-corrected chi connectivity index (χ0v) is 16.2. The standard InChI is InChI=1S/C19H23ClN6O/c1-21-19(22-10-8-14-6-7-15(27-2)13-16(14)20)23-11-9-18-25-24-17-5-3-4-12-26(17)18/h3-7,12-13H,8-11H2,1-2H3,(H2,21,22,23). The summed E-state index contributed by atoms with van der Waals surface area (Å²) in [5.41, 5.74) is 1.92. The minimum Gasteiger partial charge on any atom is -0.497 e. The molecule has 8 heteroatoms. The Bertz CT molecular complexity index is 923. The van der Waals surface area contributed by atoms with Crippen molar-refractivity contribution in [1.82, 2.24) is 25.2 Å². The number of benzene rings is 1. The van der Waals surface area contributed by atoms with E-state index in [1.54, 1.807) is 14.2 Å². The molecule has 0 bridgehead atoms. The van der Waals surface area contributed by atoms with Gasteiger partial charge in [0, 0.05) is 37.8 Å². The number of methoxy groups -OCH3 is 1. The molecule has 0 aliphatic carbocycles. The molecule has 0 aliphatic heterocycles. The number of guanidine groups is 1. The Labute approximate surface area is 163 Å². The molecule has 1 aromatic carbocycles. The molecule has 0 unspecified atom stereocenters. The number of pyridine rings is 1. The van der Waals surface area contributed by atoms with E-state index in [2.05, 4.69) is 25.8 Å². The van der Waals surface area contributed by atoms with Crippen molar-refractivity contribution in [3.8, 4) is 5.75 Å². The van der Waals surface area contributed by atoms with Crippen LogP contribution in [0.3, 0.4) is 0 Å². The van der Waals surface area contributed by atoms with Crippen molar-refractivity contribution < 1.29 is 4.74 Å². The first kappa shape index (κ1) is 19.0. The van der Waals surface area contributed by atoms with Crippen molar-refractivity contribution in [1.29, 1.82) is 0 Å². The van der Waals surface area contributed by atoms with Gasteiger partial charge in [-0.25, -0.2) is 0 Å². The largest absolute Gasteiger partial charge is 0.497 e. The van der Waals surface area contributed by atoms with Gasteiger partial charge in [0.25, 0.3) is 0 Å². The van der Waals surface area contributed by atoms with Crippen LogP contribution in [0, 0.1) is 0 Å². The molecule has 3 rings (SSSR count). The van der Waals surface area contributed by atoms with E-state index in [9.17, 15) is 0 Å². The molecule has 0 atom stereocenters. The first-order chi connectivity index (χ1) is 13.2. The molecular weight excluding hydrogens is 364 g/mol. The number of hydrogen-bond acceptors (Lipinski definition) is 4. The molecule has 27 heavy (non-hydrogen) atoms. The predicted molar refractivity (Wildman–Crippen MR) is 108 cm³/mol. The molecule has 7 nitrogen and oxygen atoms in total. The summed E-state index contributed by atoms with van der Waals surface area (Å²) < 4.78 is 7.16. The Morgan fingerprint density at radius 3 is 2.70 bits per heavy atom. The van der Waals surface area contributed by atoms with E-state index < -0.39 is 0 Å². The molecule has 0 radical (unpaired) electrons. The number of ether oxygens (including phenoxy) is 1. The minimum atomic E-state index is 0.706. The average Bonchev–Trinajstić information content (AvgIpc) is 3.11. The normalized spacial score (nSPS) is 11.6. The summed E-state index contributed by atoms with van der Waals surface area (Å²) in [6.45, 7) is 1.43. The summed E-state index contributed by atoms with van der Waals surface area (Å²) in [5, 5.41) is 15.7. The first-order valence-corrected chi connectivity index (χ1v) is 9.14. The molecule has 2 N–H and O–H groups in total. The van der Waals surface area contributed by atoms with E-state index in [4.69, 9.17) is 16.3 Å². The zero-order chi connectivity index (χ0) is 19.1. The van der Waals surface area contributed by atoms with Gasteiger partial charge in [-0.15, -0.1) is 10.2 Å². The lowest BCUT2D eigenvalue weighted by Crippen LogP contribution is -2.39. The van der Waals surface area contributed by atoms with E-state index in [-0.39, 0.29) is 0 Å². The first-order valence-electron chi connectivity index (χ1n) is 8.77. The Hall–Kier alpha value is -2.80. The van der Waals surface area contributed by atoms with E-state index >= 15 is 0 Å². The summed E-state index contributed by atoms with van der Waals surface area (Å²) in [6, 6.07) is 11.6. The van der Waals surface area contributed by atoms with Crippen molar-refractivity contribution in [3.05, 3.63) is 59.0 Å². The van der Waals surface area contributed by atoms with Crippen LogP contribution >= 0.6 is 11.6 Å². The van der Waals surface area contributed by atoms with Crippen LogP contribution in [0.15, 0.2) is 47.6 Å². The molecule has 0 amide bonds. The maximum atomic E-state index is 6.28. The third kappa shape index (κ3) is 4.89. The number of nitrogens with zero attached hydrogens (tertiary/aromatic N) is 4. The number of halogens is 1. The van der Waals surface area contributed by atoms with Crippen molar-refractivity contribution in [2.45, 2.75) is 12.8 Å². The van der Waals surface area contributed by atoms with Gasteiger partial charge in [-0.2, -0.15) is 0 Å². The summed E-state index contributed by atoms with van der Waals surface area (Å²) in [4.78, 5) is 4.25. The fraction of sp³-hybridized carbons (Fsp3) is 0.316. The highest BCUT2D eigenvalue weighted by Gasteiger charge is 2.06. The van der Waals surface area contributed by atoms with Gasteiger partial charge < -0.3 is 15.4 Å². The van der Waals surface area contributed by atoms with Gasteiger partial charge >= 0.3 is 0 Å². The van der Waals surface area contributed by atoms with Gasteiger partial charge in [0.2, 0.25) is 0 Å². The summed E-state index contributed by atoms with van der Waals surface area (Å²) >= 11 is 6.28. The van der Waals surface area contributed by atoms with Gasteiger partial charge in [-0.05, 0) is 36.2 Å². The maximum absolute atomic E-state index is 6.28. The van der Waals surface area contributed by atoms with Crippen LogP contribution in [0.4, 0.5) is 0 Å². The van der Waals surface area contributed by atoms with Crippen LogP contribution in [0.2, 0.25) is 5.02 Å². The summed E-state index contributed by atoms with van der Waals surface area (Å²) in [5.74, 6) is 2.42. The number of aromatic nitrogens is 3. The number of aliphatic imine (C=N–C) groups is 1. The zero-order valence-electron chi connectivity index (χ0n) is 15.4. The van der Waals surface area contributed by atoms with Gasteiger partial charge in [-0.3, -0.25) is 9.39 Å². The van der Waals surface area contributed by atoms with E-state index in [0.29, 0.717) is 11.6 Å². The lowest BCUT2D eigenvalue weighted by Gasteiger charge is -2.12. The second-order valence-corrected chi connectivity index (χ2v) is 6.34. The average molecular weight is 387 g/mol. The Morgan fingerprint density at radius 1 is 1.15 bits per heavy atom. The smallest absolute Gasteiger partial charge is 0.191 e. The van der Waals surface area contributed by atoms with Crippen LogP contribution < -0.4 is 15.4 Å². The Balaban J connectivity index is 1.46. The predicted octanol–water partition coefficient (Wildman–Crippen LogP) is 2.34. The number of hydrogen-bond donors (Lipinski definition) is 2. The molecule has 0 spiro atoms. The maximum Gasteiger partial charge on any atom is 0.191 e. The van der Waals surface area contributed by atoms with Gasteiger partial charge in [0.1, 0.15) is 11.6 Å². The minimum absolute atomic E-state index is 0.706. The molecule has 142 valence electrons. The fourth-order valence-electron chi connectivity index (χ4n) is 2.75. The van der Waals surface area contributed by atoms with Crippen molar-refractivity contribution in [2.75, 3.05) is 27.2 Å². The van der Waals surface area contributed by atoms with Crippen LogP contribution in [-0.2, 0) is 12.8 Å². The SMILES string of the molecule is CN=C(NCCc1ccc(OC)cc1Cl)NCCc1nnc2ccccn12. The Morgan fingerprint density at radius 2 is 1.96 bits per heavy atom. The highest BCUT2D eigenvalue weighted by Crippen LogP contribution is 2.22. The van der Waals surface area contributed by atoms with Crippen LogP contribution in [0.25, 0.3) is 5.65 Å². The summed E-state index contributed by atoms with van der Waals surface area (Å²) in [6.07, 6.45) is 3.50. The second kappa shape index (κ2) is 9.23. The third-order valence-corrected chi connectivity index (χ3v) is 4.55. The van der Waals surface area contributed by atoms with Crippen molar-refractivity contribution in [2.24, 2.45) is 4.99 Å². The Kier molecular flexibility index (Phi) is 6.49. The molecule has 0 saturated carbocycles. The molecule has 0 aliphatic rings. The van der Waals surface area contributed by atoms with E-state index in [1.807, 2.05) is 47.0 Å². The molecule has 2 heterocycles. The lowest BCUT2D eigenvalue weighted by atomic mass is 10.1. The molecule has 0 fully saturated rings. The molecule has 0 saturated heterocycles. The van der Waals surface area contributed by atoms with Crippen LogP contribution in [0.5, 0.6) is 5.75 Å². The van der Waals surface area contributed by atoms with Crippen LogP contribution in [0.1, 0.15) is 11.4 Å². The molecular formula is C19H23ClN6O. The highest BCUT2D eigenvalue weighted by molar-refractivity contribution is 6.31. The van der Waals surface area contributed by atoms with Gasteiger partial charge in [0.15, 0.2) is 11.6 Å². The third-order valence-electron chi connectivity index (χ3n) is 4.20. The van der Waals surface area contributed by atoms with Crippen molar-refractivity contribution in [3.63, 3.8) is 0 Å². The van der Waals surface area contributed by atoms with E-state index in [0.717, 1.165) is 48.1 Å². The molecule has 3 aromatic rings. The molecule has 2 aromatic heterocycles. The fourth-order valence-corrected chi connectivity index (χ4v) is 3.01. The highest BCUT2D eigenvalue weighted by atomic mass is 35.5. The van der Waals surface area contributed by atoms with E-state index in [1.165, 1.54) is 0 Å². The van der Waals surface area contributed by atoms with Gasteiger partial charge in [0.05, 0.1) is 7.11 Å². The van der Waals surface area contributed by atoms with Crippen molar-refractivity contribution >= 4 is 23.2 Å². The quantitative estimate of drug-likeness (QED) is 0.481. The lowest BCUT2D eigenvalue weighted by molar-refractivity contribution is 0.414. The van der Waals surface area contributed by atoms with Gasteiger partial charge in [-0.1, -0.05) is 23.7 Å². The number of rotatable bonds is 7. The number of nitrogens with one attached hydrogen (secondary N) is 2. The summed E-state index contributed by atoms with van der Waals surface area (Å²) in [7, 11) is 3.38. The second-order valence-electron chi connectivity index (χ2n) is 5.93. The number of fused-ring (bicyclic) bond motifs is 1. The monoisotopic (exact) mass is 386 g/mol. The topological polar surface area (TPSA) is 75.8 Å².